The van der Waals surface area contributed by atoms with Crippen molar-refractivity contribution in [3.63, 3.8) is 0 Å². The predicted molar refractivity (Wildman–Crippen MR) is 74.4 cm³/mol. The van der Waals surface area contributed by atoms with Crippen molar-refractivity contribution in [2.24, 2.45) is 0 Å². The maximum absolute atomic E-state index is 5.75. The second-order valence-corrected chi connectivity index (χ2v) is 4.74. The first-order valence-corrected chi connectivity index (χ1v) is 6.09. The van der Waals surface area contributed by atoms with Crippen molar-refractivity contribution < 1.29 is 4.42 Å². The molecule has 0 saturated carbocycles. The Morgan fingerprint density at radius 3 is 2.82 bits per heavy atom. The van der Waals surface area contributed by atoms with E-state index in [2.05, 4.69) is 32.6 Å². The summed E-state index contributed by atoms with van der Waals surface area (Å²) in [6.45, 7) is 0. The summed E-state index contributed by atoms with van der Waals surface area (Å²) in [5, 5.41) is 1.03. The fraction of sp³-hybridized carbons (Fsp3) is 0. The van der Waals surface area contributed by atoms with Crippen molar-refractivity contribution in [1.82, 2.24) is 9.97 Å². The largest absolute Gasteiger partial charge is 0.453 e. The molecular formula is C12H8IN3O. The number of halogens is 1. The highest BCUT2D eigenvalue weighted by molar-refractivity contribution is 14.1. The molecule has 0 fully saturated rings. The van der Waals surface area contributed by atoms with E-state index in [1.807, 2.05) is 30.3 Å². The van der Waals surface area contributed by atoms with Crippen molar-refractivity contribution in [3.05, 3.63) is 40.1 Å². The number of furan rings is 1. The summed E-state index contributed by atoms with van der Waals surface area (Å²) in [5.41, 5.74) is 6.57. The van der Waals surface area contributed by atoms with Crippen LogP contribution < -0.4 is 5.73 Å². The zero-order valence-electron chi connectivity index (χ0n) is 8.72. The van der Waals surface area contributed by atoms with Crippen LogP contribution >= 0.6 is 22.6 Å². The Hall–Kier alpha value is -1.63. The van der Waals surface area contributed by atoms with Gasteiger partial charge in [0.05, 0.1) is 3.57 Å². The van der Waals surface area contributed by atoms with Gasteiger partial charge in [-0.05, 0) is 34.7 Å². The van der Waals surface area contributed by atoms with Gasteiger partial charge in [0.15, 0.2) is 11.6 Å². The van der Waals surface area contributed by atoms with Crippen LogP contribution in [0.5, 0.6) is 0 Å². The average Bonchev–Trinajstić information content (AvgIpc) is 2.76. The van der Waals surface area contributed by atoms with Crippen molar-refractivity contribution in [1.29, 1.82) is 0 Å². The Labute approximate surface area is 111 Å². The molecule has 0 radical (unpaired) electrons. The molecule has 0 spiro atoms. The van der Waals surface area contributed by atoms with Crippen molar-refractivity contribution in [2.45, 2.75) is 0 Å². The Bertz CT molecular complexity index is 660. The van der Waals surface area contributed by atoms with Crippen LogP contribution in [0.25, 0.3) is 22.6 Å². The van der Waals surface area contributed by atoms with Crippen LogP contribution in [0.3, 0.4) is 0 Å². The third kappa shape index (κ3) is 1.86. The quantitative estimate of drug-likeness (QED) is 0.693. The SMILES string of the molecule is Nc1nc(-c2cc3ccccc3o2)ncc1I. The number of nitrogen functional groups attached to an aromatic ring is 1. The molecule has 3 aromatic rings. The third-order valence-electron chi connectivity index (χ3n) is 2.42. The number of hydrogen-bond acceptors (Lipinski definition) is 4. The maximum atomic E-state index is 5.75. The Kier molecular flexibility index (Phi) is 2.47. The monoisotopic (exact) mass is 337 g/mol. The van der Waals surface area contributed by atoms with Gasteiger partial charge >= 0.3 is 0 Å². The lowest BCUT2D eigenvalue weighted by atomic mass is 10.2. The lowest BCUT2D eigenvalue weighted by Gasteiger charge is -1.98. The molecule has 17 heavy (non-hydrogen) atoms. The number of hydrogen-bond donors (Lipinski definition) is 1. The van der Waals surface area contributed by atoms with E-state index in [1.165, 1.54) is 0 Å². The number of rotatable bonds is 1. The van der Waals surface area contributed by atoms with Gasteiger partial charge in [0, 0.05) is 11.6 Å². The second kappa shape index (κ2) is 3.99. The number of benzene rings is 1. The van der Waals surface area contributed by atoms with E-state index in [0.717, 1.165) is 14.5 Å². The molecule has 0 atom stereocenters. The molecule has 3 rings (SSSR count). The second-order valence-electron chi connectivity index (χ2n) is 3.58. The molecule has 2 heterocycles. The molecule has 84 valence electrons. The Morgan fingerprint density at radius 1 is 1.24 bits per heavy atom. The van der Waals surface area contributed by atoms with Gasteiger partial charge in [0.1, 0.15) is 11.4 Å². The zero-order chi connectivity index (χ0) is 11.8. The van der Waals surface area contributed by atoms with Gasteiger partial charge in [-0.1, -0.05) is 18.2 Å². The minimum Gasteiger partial charge on any atom is -0.453 e. The van der Waals surface area contributed by atoms with Gasteiger partial charge < -0.3 is 10.2 Å². The van der Waals surface area contributed by atoms with Gasteiger partial charge in [-0.15, -0.1) is 0 Å². The van der Waals surface area contributed by atoms with Crippen LogP contribution in [0.2, 0.25) is 0 Å². The standard InChI is InChI=1S/C12H8IN3O/c13-8-6-15-12(16-11(8)14)10-5-7-3-1-2-4-9(7)17-10/h1-6H,(H2,14,15,16). The summed E-state index contributed by atoms with van der Waals surface area (Å²) in [4.78, 5) is 8.42. The molecule has 0 saturated heterocycles. The molecule has 0 unspecified atom stereocenters. The van der Waals surface area contributed by atoms with Crippen molar-refractivity contribution in [2.75, 3.05) is 5.73 Å². The predicted octanol–water partition coefficient (Wildman–Crippen LogP) is 3.08. The molecule has 2 aromatic heterocycles. The van der Waals surface area contributed by atoms with E-state index in [1.54, 1.807) is 6.20 Å². The summed E-state index contributed by atoms with van der Waals surface area (Å²) >= 11 is 2.09. The number of nitrogens with zero attached hydrogens (tertiary/aromatic N) is 2. The summed E-state index contributed by atoms with van der Waals surface area (Å²) in [5.74, 6) is 1.62. The highest BCUT2D eigenvalue weighted by Crippen LogP contribution is 2.26. The first kappa shape index (κ1) is 10.5. The average molecular weight is 337 g/mol. The van der Waals surface area contributed by atoms with Crippen LogP contribution in [-0.4, -0.2) is 9.97 Å². The van der Waals surface area contributed by atoms with Gasteiger partial charge in [-0.3, -0.25) is 0 Å². The Balaban J connectivity index is 2.17. The van der Waals surface area contributed by atoms with Gasteiger partial charge in [0.25, 0.3) is 0 Å². The number of fused-ring (bicyclic) bond motifs is 1. The Morgan fingerprint density at radius 2 is 2.06 bits per heavy atom. The highest BCUT2D eigenvalue weighted by atomic mass is 127. The van der Waals surface area contributed by atoms with Crippen LogP contribution in [0.1, 0.15) is 0 Å². The first-order valence-electron chi connectivity index (χ1n) is 5.01. The van der Waals surface area contributed by atoms with E-state index in [4.69, 9.17) is 10.2 Å². The fourth-order valence-corrected chi connectivity index (χ4v) is 1.85. The smallest absolute Gasteiger partial charge is 0.197 e. The summed E-state index contributed by atoms with van der Waals surface area (Å²) < 4.78 is 6.50. The summed E-state index contributed by atoms with van der Waals surface area (Å²) in [6.07, 6.45) is 1.69. The van der Waals surface area contributed by atoms with Crippen LogP contribution in [0.4, 0.5) is 5.82 Å². The van der Waals surface area contributed by atoms with Crippen molar-refractivity contribution >= 4 is 39.4 Å². The minimum absolute atomic E-state index is 0.469. The van der Waals surface area contributed by atoms with Gasteiger partial charge in [-0.25, -0.2) is 9.97 Å². The molecular weight excluding hydrogens is 329 g/mol. The minimum atomic E-state index is 0.469. The topological polar surface area (TPSA) is 64.9 Å². The van der Waals surface area contributed by atoms with E-state index >= 15 is 0 Å². The third-order valence-corrected chi connectivity index (χ3v) is 3.25. The lowest BCUT2D eigenvalue weighted by Crippen LogP contribution is -1.97. The molecule has 2 N–H and O–H groups in total. The normalized spacial score (nSPS) is 10.9. The van der Waals surface area contributed by atoms with Crippen molar-refractivity contribution in [3.8, 4) is 11.6 Å². The summed E-state index contributed by atoms with van der Waals surface area (Å²) in [7, 11) is 0. The number of nitrogens with two attached hydrogens (primary N) is 1. The van der Waals surface area contributed by atoms with Gasteiger partial charge in [0.2, 0.25) is 0 Å². The van der Waals surface area contributed by atoms with Crippen LogP contribution in [0, 0.1) is 3.57 Å². The lowest BCUT2D eigenvalue weighted by molar-refractivity contribution is 0.625. The first-order chi connectivity index (χ1) is 8.24. The maximum Gasteiger partial charge on any atom is 0.197 e. The molecule has 0 aliphatic rings. The molecule has 1 aromatic carbocycles. The van der Waals surface area contributed by atoms with E-state index in [9.17, 15) is 0 Å². The zero-order valence-corrected chi connectivity index (χ0v) is 10.9. The van der Waals surface area contributed by atoms with E-state index in [-0.39, 0.29) is 0 Å². The number of anilines is 1. The van der Waals surface area contributed by atoms with Crippen LogP contribution in [-0.2, 0) is 0 Å². The van der Waals surface area contributed by atoms with E-state index in [0.29, 0.717) is 17.4 Å². The summed E-state index contributed by atoms with van der Waals surface area (Å²) in [6, 6.07) is 9.70. The molecule has 0 amide bonds. The highest BCUT2D eigenvalue weighted by Gasteiger charge is 2.09. The number of aromatic nitrogens is 2. The molecule has 5 heteroatoms. The van der Waals surface area contributed by atoms with E-state index < -0.39 is 0 Å². The van der Waals surface area contributed by atoms with Gasteiger partial charge in [-0.2, -0.15) is 0 Å². The molecule has 0 bridgehead atoms. The molecule has 0 aliphatic carbocycles. The molecule has 0 aliphatic heterocycles. The number of para-hydroxylation sites is 1. The molecule has 4 nitrogen and oxygen atoms in total. The van der Waals surface area contributed by atoms with Crippen LogP contribution in [0.15, 0.2) is 40.9 Å². The fourth-order valence-electron chi connectivity index (χ4n) is 1.59.